The predicted molar refractivity (Wildman–Crippen MR) is 66.9 cm³/mol. The summed E-state index contributed by atoms with van der Waals surface area (Å²) in [5.41, 5.74) is 1.77. The van der Waals surface area contributed by atoms with Crippen molar-refractivity contribution < 1.29 is 9.68 Å². The molecule has 0 aromatic heterocycles. The monoisotopic (exact) mass is 232 g/mol. The highest BCUT2D eigenvalue weighted by Gasteiger charge is 2.08. The average Bonchev–Trinajstić information content (AvgIpc) is 2.31. The van der Waals surface area contributed by atoms with Crippen molar-refractivity contribution in [3.8, 4) is 16.9 Å². The maximum atomic E-state index is 8.81. The molecule has 0 amide bonds. The highest BCUT2D eigenvalue weighted by Crippen LogP contribution is 2.34. The second-order valence-corrected chi connectivity index (χ2v) is 3.66. The van der Waals surface area contributed by atoms with Gasteiger partial charge in [-0.3, -0.25) is 0 Å². The number of halogens is 1. The number of hydrogen-bond acceptors (Lipinski definition) is 2. The van der Waals surface area contributed by atoms with Crippen LogP contribution in [0.3, 0.4) is 0 Å². The second-order valence-electron chi connectivity index (χ2n) is 3.25. The van der Waals surface area contributed by atoms with Crippen molar-refractivity contribution in [1.29, 1.82) is 0 Å². The Bertz CT molecular complexity index is 488. The van der Waals surface area contributed by atoms with Crippen LogP contribution in [0.15, 0.2) is 48.5 Å². The molecule has 0 spiro atoms. The van der Waals surface area contributed by atoms with Crippen molar-refractivity contribution in [2.75, 3.05) is 0 Å². The first kappa shape index (κ1) is 11.1. The fourth-order valence-electron chi connectivity index (χ4n) is 1.56. The minimum atomic E-state index is -0.346. The van der Waals surface area contributed by atoms with Gasteiger partial charge in [-0.1, -0.05) is 48.0 Å². The normalized spacial score (nSPS) is 9.88. The van der Waals surface area contributed by atoms with E-state index in [2.05, 4.69) is 0 Å². The van der Waals surface area contributed by atoms with E-state index in [4.69, 9.17) is 21.3 Å². The zero-order valence-electron chi connectivity index (χ0n) is 8.56. The maximum Gasteiger partial charge on any atom is 0.504 e. The molecule has 16 heavy (non-hydrogen) atoms. The third-order valence-corrected chi connectivity index (χ3v) is 2.60. The topological polar surface area (TPSA) is 29.5 Å². The maximum absolute atomic E-state index is 8.81. The van der Waals surface area contributed by atoms with Crippen LogP contribution in [-0.4, -0.2) is 12.7 Å². The van der Waals surface area contributed by atoms with E-state index >= 15 is 0 Å². The van der Waals surface area contributed by atoms with Crippen molar-refractivity contribution in [2.45, 2.75) is 0 Å². The highest BCUT2D eigenvalue weighted by atomic mass is 35.5. The molecule has 1 N–H and O–H groups in total. The SMILES string of the molecule is OBOc1ccccc1-c1ccccc1Cl. The van der Waals surface area contributed by atoms with E-state index in [1.807, 2.05) is 42.5 Å². The lowest BCUT2D eigenvalue weighted by Gasteiger charge is -2.10. The van der Waals surface area contributed by atoms with E-state index < -0.39 is 0 Å². The van der Waals surface area contributed by atoms with Crippen LogP contribution in [0.4, 0.5) is 0 Å². The van der Waals surface area contributed by atoms with E-state index in [0.717, 1.165) is 11.1 Å². The van der Waals surface area contributed by atoms with E-state index in [1.165, 1.54) is 0 Å². The average molecular weight is 232 g/mol. The van der Waals surface area contributed by atoms with Gasteiger partial charge in [-0.05, 0) is 12.1 Å². The van der Waals surface area contributed by atoms with Gasteiger partial charge in [0.15, 0.2) is 0 Å². The third-order valence-electron chi connectivity index (χ3n) is 2.27. The Morgan fingerprint density at radius 3 is 2.25 bits per heavy atom. The Balaban J connectivity index is 2.51. The van der Waals surface area contributed by atoms with E-state index in [-0.39, 0.29) is 7.69 Å². The molecule has 80 valence electrons. The lowest BCUT2D eigenvalue weighted by Crippen LogP contribution is -2.01. The zero-order chi connectivity index (χ0) is 11.4. The Morgan fingerprint density at radius 1 is 0.938 bits per heavy atom. The number of rotatable bonds is 3. The van der Waals surface area contributed by atoms with Gasteiger partial charge < -0.3 is 9.68 Å². The van der Waals surface area contributed by atoms with E-state index in [0.29, 0.717) is 10.8 Å². The third kappa shape index (κ3) is 2.21. The fraction of sp³-hybridized carbons (Fsp3) is 0. The van der Waals surface area contributed by atoms with Gasteiger partial charge in [0.1, 0.15) is 5.75 Å². The molecule has 2 nitrogen and oxygen atoms in total. The summed E-state index contributed by atoms with van der Waals surface area (Å²) in [4.78, 5) is 0. The highest BCUT2D eigenvalue weighted by molar-refractivity contribution is 6.33. The molecular weight excluding hydrogens is 222 g/mol. The standard InChI is InChI=1S/C12H10BClO2/c14-11-7-3-1-5-9(11)10-6-2-4-8-12(10)16-13-15/h1-8,13,15H. The van der Waals surface area contributed by atoms with Crippen molar-refractivity contribution in [3.05, 3.63) is 53.6 Å². The molecule has 0 saturated heterocycles. The number of para-hydroxylation sites is 1. The molecule has 0 radical (unpaired) electrons. The Morgan fingerprint density at radius 2 is 1.56 bits per heavy atom. The van der Waals surface area contributed by atoms with Gasteiger partial charge in [0.05, 0.1) is 0 Å². The summed E-state index contributed by atoms with van der Waals surface area (Å²) in [6, 6.07) is 15.0. The molecule has 0 aliphatic heterocycles. The molecule has 0 aliphatic rings. The minimum absolute atomic E-state index is 0.346. The van der Waals surface area contributed by atoms with Crippen LogP contribution in [0.1, 0.15) is 0 Å². The zero-order valence-corrected chi connectivity index (χ0v) is 9.32. The second kappa shape index (κ2) is 5.06. The van der Waals surface area contributed by atoms with Crippen molar-refractivity contribution in [3.63, 3.8) is 0 Å². The summed E-state index contributed by atoms with van der Waals surface area (Å²) in [5.74, 6) is 0.623. The Labute approximate surface area is 99.8 Å². The lowest BCUT2D eigenvalue weighted by atomic mass is 10.0. The molecule has 0 bridgehead atoms. The molecule has 0 unspecified atom stereocenters. The van der Waals surface area contributed by atoms with Crippen LogP contribution in [0, 0.1) is 0 Å². The van der Waals surface area contributed by atoms with Gasteiger partial charge >= 0.3 is 7.69 Å². The largest absolute Gasteiger partial charge is 0.538 e. The molecule has 0 saturated carbocycles. The Kier molecular flexibility index (Phi) is 3.49. The van der Waals surface area contributed by atoms with Crippen LogP contribution in [0.5, 0.6) is 5.75 Å². The quantitative estimate of drug-likeness (QED) is 0.825. The van der Waals surface area contributed by atoms with Gasteiger partial charge in [-0.15, -0.1) is 0 Å². The first-order valence-electron chi connectivity index (χ1n) is 4.90. The predicted octanol–water partition coefficient (Wildman–Crippen LogP) is 2.64. The molecule has 2 rings (SSSR count). The van der Waals surface area contributed by atoms with Crippen LogP contribution in [0.2, 0.25) is 5.02 Å². The summed E-state index contributed by atoms with van der Waals surface area (Å²) in [6.07, 6.45) is 0. The van der Waals surface area contributed by atoms with Crippen molar-refractivity contribution in [1.82, 2.24) is 0 Å². The number of benzene rings is 2. The Hall–Kier alpha value is -1.45. The molecule has 0 heterocycles. The molecule has 2 aromatic carbocycles. The summed E-state index contributed by atoms with van der Waals surface area (Å²) in [7, 11) is -0.346. The minimum Gasteiger partial charge on any atom is -0.538 e. The first-order chi connectivity index (χ1) is 7.83. The van der Waals surface area contributed by atoms with Gasteiger partial charge in [0.25, 0.3) is 0 Å². The van der Waals surface area contributed by atoms with Crippen molar-refractivity contribution >= 4 is 19.3 Å². The van der Waals surface area contributed by atoms with E-state index in [1.54, 1.807) is 6.07 Å². The molecule has 4 heteroatoms. The summed E-state index contributed by atoms with van der Waals surface area (Å²) in [6.45, 7) is 0. The van der Waals surface area contributed by atoms with Gasteiger partial charge in [0.2, 0.25) is 0 Å². The first-order valence-corrected chi connectivity index (χ1v) is 5.28. The smallest absolute Gasteiger partial charge is 0.504 e. The van der Waals surface area contributed by atoms with Crippen LogP contribution < -0.4 is 4.65 Å². The van der Waals surface area contributed by atoms with Gasteiger partial charge in [0, 0.05) is 16.1 Å². The van der Waals surface area contributed by atoms with Crippen LogP contribution >= 0.6 is 11.6 Å². The van der Waals surface area contributed by atoms with Crippen LogP contribution in [0.25, 0.3) is 11.1 Å². The summed E-state index contributed by atoms with van der Waals surface area (Å²) in [5, 5.41) is 9.47. The number of hydrogen-bond donors (Lipinski definition) is 1. The summed E-state index contributed by atoms with van der Waals surface area (Å²) < 4.78 is 5.14. The fourth-order valence-corrected chi connectivity index (χ4v) is 1.80. The summed E-state index contributed by atoms with van der Waals surface area (Å²) >= 11 is 6.11. The van der Waals surface area contributed by atoms with Crippen LogP contribution in [-0.2, 0) is 0 Å². The molecular formula is C12H10BClO2. The van der Waals surface area contributed by atoms with Gasteiger partial charge in [-0.2, -0.15) is 0 Å². The van der Waals surface area contributed by atoms with Crippen molar-refractivity contribution in [2.24, 2.45) is 0 Å². The van der Waals surface area contributed by atoms with E-state index in [9.17, 15) is 0 Å². The lowest BCUT2D eigenvalue weighted by molar-refractivity contribution is 0.455. The molecule has 2 aromatic rings. The molecule has 0 aliphatic carbocycles. The molecule has 0 atom stereocenters. The van der Waals surface area contributed by atoms with Gasteiger partial charge in [-0.25, -0.2) is 0 Å². The molecule has 0 fully saturated rings.